The first kappa shape index (κ1) is 23.6. The molecule has 0 radical (unpaired) electrons. The highest BCUT2D eigenvalue weighted by atomic mass is 32.2. The van der Waals surface area contributed by atoms with Crippen molar-refractivity contribution >= 4 is 63.2 Å². The Morgan fingerprint density at radius 3 is 2.86 bits per heavy atom. The Morgan fingerprint density at radius 2 is 2.19 bits per heavy atom. The van der Waals surface area contributed by atoms with Crippen LogP contribution in [0.1, 0.15) is 11.4 Å². The molecule has 1 saturated heterocycles. The van der Waals surface area contributed by atoms with E-state index in [0.717, 1.165) is 21.9 Å². The number of carboxylic acids is 1. The zero-order valence-electron chi connectivity index (χ0n) is 18.6. The molecule has 0 aromatic carbocycles. The predicted octanol–water partition coefficient (Wildman–Crippen LogP) is -2.17. The summed E-state index contributed by atoms with van der Waals surface area (Å²) in [5.74, 6) is -2.27. The molecule has 2 amide bonds. The van der Waals surface area contributed by atoms with Gasteiger partial charge >= 0.3 is 5.65 Å². The predicted molar refractivity (Wildman–Crippen MR) is 126 cm³/mol. The average molecular weight is 530 g/mol. The van der Waals surface area contributed by atoms with Gasteiger partial charge in [-0.3, -0.25) is 14.5 Å². The molecule has 3 aromatic rings. The summed E-state index contributed by atoms with van der Waals surface area (Å²) in [7, 11) is 0. The third-order valence-electron chi connectivity index (χ3n) is 5.88. The Bertz CT molecular complexity index is 1490. The number of amides is 2. The second kappa shape index (κ2) is 8.80. The summed E-state index contributed by atoms with van der Waals surface area (Å²) in [4.78, 5) is 42.8. The van der Waals surface area contributed by atoms with Crippen molar-refractivity contribution in [2.24, 2.45) is 5.16 Å². The van der Waals surface area contributed by atoms with Crippen LogP contribution in [0.5, 0.6) is 0 Å². The van der Waals surface area contributed by atoms with E-state index >= 15 is 0 Å². The molecule has 2 aliphatic heterocycles. The number of nitrogens with zero attached hydrogens (tertiary/aromatic N) is 6. The van der Waals surface area contributed by atoms with Gasteiger partial charge in [0.25, 0.3) is 11.8 Å². The first-order valence-corrected chi connectivity index (χ1v) is 12.4. The van der Waals surface area contributed by atoms with Gasteiger partial charge in [-0.25, -0.2) is 9.55 Å². The molecule has 2 aliphatic rings. The zero-order chi connectivity index (χ0) is 25.7. The minimum atomic E-state index is -1.50. The maximum Gasteiger partial charge on any atom is 0.310 e. The molecular formula is C20H19N9O5S2. The van der Waals surface area contributed by atoms with Crippen LogP contribution in [-0.4, -0.2) is 65.4 Å². The number of aryl methyl sites for hydroxylation is 1. The minimum absolute atomic E-state index is 0.0529. The number of nitrogen functional groups attached to an aromatic ring is 2. The van der Waals surface area contributed by atoms with Crippen LogP contribution in [0.3, 0.4) is 0 Å². The van der Waals surface area contributed by atoms with Gasteiger partial charge in [0, 0.05) is 22.8 Å². The first-order chi connectivity index (χ1) is 17.2. The number of fused-ring (bicyclic) bond motifs is 2. The van der Waals surface area contributed by atoms with Crippen molar-refractivity contribution in [1.82, 2.24) is 24.8 Å². The second-order valence-electron chi connectivity index (χ2n) is 8.02. The van der Waals surface area contributed by atoms with Crippen LogP contribution in [0.2, 0.25) is 0 Å². The molecule has 6 N–H and O–H groups in total. The smallest absolute Gasteiger partial charge is 0.310 e. The summed E-state index contributed by atoms with van der Waals surface area (Å²) in [6.07, 6.45) is 1.58. The van der Waals surface area contributed by atoms with Crippen LogP contribution >= 0.6 is 23.1 Å². The van der Waals surface area contributed by atoms with Crippen LogP contribution in [0.15, 0.2) is 40.1 Å². The molecule has 1 fully saturated rings. The molecule has 0 saturated carbocycles. The number of thiazole rings is 1. The van der Waals surface area contributed by atoms with Crippen LogP contribution in [0.25, 0.3) is 5.65 Å². The van der Waals surface area contributed by atoms with Crippen molar-refractivity contribution in [2.45, 2.75) is 24.9 Å². The molecule has 0 spiro atoms. The van der Waals surface area contributed by atoms with Crippen molar-refractivity contribution < 1.29 is 29.3 Å². The third kappa shape index (κ3) is 3.70. The molecule has 14 nitrogen and oxygen atoms in total. The van der Waals surface area contributed by atoms with Gasteiger partial charge < -0.3 is 31.9 Å². The molecular weight excluding hydrogens is 510 g/mol. The van der Waals surface area contributed by atoms with Crippen molar-refractivity contribution in [3.63, 3.8) is 0 Å². The van der Waals surface area contributed by atoms with Crippen LogP contribution in [-0.2, 0) is 20.9 Å². The molecule has 0 bridgehead atoms. The number of nitrogens with one attached hydrogen (secondary N) is 1. The standard InChI is InChI=1S/C20H19N9O5S2/c1-8-4-11(21)29-12(2-3-23-29)27(8)5-9-6-35-18-14(17(31)28(18)15(9)19(32)33)25-16(30)13(26-34)10-7-36-20(22)24-10/h2-4,7,14,18,21H,5-6H2,1H3,(H5,22,24,25,30,32,33,34)/t14-,18-/m1/s1. The molecule has 3 aromatic heterocycles. The Kier molecular flexibility index (Phi) is 5.76. The largest absolute Gasteiger partial charge is 0.543 e. The number of hydrogen-bond acceptors (Lipinski definition) is 12. The topological polar surface area (TPSA) is 208 Å². The summed E-state index contributed by atoms with van der Waals surface area (Å²) in [5.41, 5.74) is 12.9. The molecule has 36 heavy (non-hydrogen) atoms. The lowest BCUT2D eigenvalue weighted by Gasteiger charge is -2.50. The number of carboxylic acid groups (broad SMARTS) is 1. The van der Waals surface area contributed by atoms with Crippen molar-refractivity contribution in [3.8, 4) is 0 Å². The Labute approximate surface area is 210 Å². The van der Waals surface area contributed by atoms with Gasteiger partial charge in [0.2, 0.25) is 5.82 Å². The summed E-state index contributed by atoms with van der Waals surface area (Å²) < 4.78 is 3.37. The highest BCUT2D eigenvalue weighted by Crippen LogP contribution is 2.40. The maximum atomic E-state index is 13.0. The lowest BCUT2D eigenvalue weighted by atomic mass is 10.0. The van der Waals surface area contributed by atoms with E-state index in [9.17, 15) is 24.7 Å². The van der Waals surface area contributed by atoms with E-state index in [0.29, 0.717) is 17.0 Å². The maximum absolute atomic E-state index is 13.0. The number of nitrogens with two attached hydrogens (primary N) is 2. The fourth-order valence-corrected chi connectivity index (χ4v) is 6.13. The number of aliphatic carboxylic acids is 1. The van der Waals surface area contributed by atoms with E-state index in [1.165, 1.54) is 21.7 Å². The molecule has 16 heteroatoms. The van der Waals surface area contributed by atoms with Crippen LogP contribution in [0, 0.1) is 6.92 Å². The number of carbonyl (C=O) groups is 3. The average Bonchev–Trinajstić information content (AvgIpc) is 3.49. The number of oxime groups is 1. The van der Waals surface area contributed by atoms with Gasteiger partial charge in [0.15, 0.2) is 10.8 Å². The van der Waals surface area contributed by atoms with Crippen molar-refractivity contribution in [2.75, 3.05) is 17.2 Å². The lowest BCUT2D eigenvalue weighted by molar-refractivity contribution is -0.672. The van der Waals surface area contributed by atoms with E-state index < -0.39 is 34.9 Å². The number of hydrogen-bond donors (Lipinski definition) is 4. The van der Waals surface area contributed by atoms with E-state index in [2.05, 4.69) is 20.6 Å². The quantitative estimate of drug-likeness (QED) is 0.0893. The second-order valence-corrected chi connectivity index (χ2v) is 10.0. The molecule has 2 atom stereocenters. The van der Waals surface area contributed by atoms with Gasteiger partial charge in [-0.15, -0.1) is 23.1 Å². The van der Waals surface area contributed by atoms with Gasteiger partial charge in [-0.05, 0) is 6.92 Å². The van der Waals surface area contributed by atoms with Crippen LogP contribution in [0.4, 0.5) is 10.9 Å². The number of thioether (sulfide) groups is 1. The molecule has 186 valence electrons. The number of rotatable bonds is 6. The number of carbonyl (C=O) groups excluding carboxylic acids is 3. The van der Waals surface area contributed by atoms with E-state index in [-0.39, 0.29) is 28.8 Å². The van der Waals surface area contributed by atoms with E-state index in [1.54, 1.807) is 18.3 Å². The lowest BCUT2D eigenvalue weighted by Crippen LogP contribution is -2.71. The van der Waals surface area contributed by atoms with Gasteiger partial charge in [0.05, 0.1) is 23.9 Å². The normalized spacial score (nSPS) is 19.9. The number of anilines is 2. The van der Waals surface area contributed by atoms with Crippen molar-refractivity contribution in [1.29, 1.82) is 0 Å². The molecule has 5 rings (SSSR count). The number of β-lactam (4-membered cyclic amide) rings is 1. The van der Waals surface area contributed by atoms with Gasteiger partial charge in [-0.1, -0.05) is 14.8 Å². The fraction of sp³-hybridized carbons (Fsp3) is 0.250. The molecule has 5 heterocycles. The van der Waals surface area contributed by atoms with Crippen molar-refractivity contribution in [3.05, 3.63) is 46.4 Å². The SMILES string of the molecule is Cc1cc(N)n2nccc2[n+]1CC1=C(C(=O)[O-])N2C(=O)[C@@H](NC(=O)/C(=N\O)c3csc(N)n3)[C@H]2SC1. The Balaban J connectivity index is 1.40. The summed E-state index contributed by atoms with van der Waals surface area (Å²) in [6.45, 7) is 2.00. The fourth-order valence-electron chi connectivity index (χ4n) is 4.24. The highest BCUT2D eigenvalue weighted by Gasteiger charge is 2.53. The molecule has 0 unspecified atom stereocenters. The highest BCUT2D eigenvalue weighted by molar-refractivity contribution is 8.00. The Morgan fingerprint density at radius 1 is 1.42 bits per heavy atom. The first-order valence-electron chi connectivity index (χ1n) is 10.5. The van der Waals surface area contributed by atoms with Crippen LogP contribution < -0.4 is 26.5 Å². The zero-order valence-corrected chi connectivity index (χ0v) is 20.2. The molecule has 0 aliphatic carbocycles. The summed E-state index contributed by atoms with van der Waals surface area (Å²) in [5, 5.41) is 32.0. The van der Waals surface area contributed by atoms with E-state index in [4.69, 9.17) is 11.5 Å². The van der Waals surface area contributed by atoms with E-state index in [1.807, 2.05) is 11.5 Å². The minimum Gasteiger partial charge on any atom is -0.543 e. The summed E-state index contributed by atoms with van der Waals surface area (Å²) >= 11 is 2.35. The summed E-state index contributed by atoms with van der Waals surface area (Å²) in [6, 6.07) is 2.44. The monoisotopic (exact) mass is 529 g/mol. The van der Waals surface area contributed by atoms with Gasteiger partial charge in [-0.2, -0.15) is 0 Å². The van der Waals surface area contributed by atoms with Gasteiger partial charge in [0.1, 0.15) is 29.3 Å². The third-order valence-corrected chi connectivity index (χ3v) is 7.90. The Hall–Kier alpha value is -4.18. The number of aromatic nitrogens is 4.